The van der Waals surface area contributed by atoms with Crippen LogP contribution in [0.4, 0.5) is 15.8 Å². The molecule has 0 aliphatic heterocycles. The van der Waals surface area contributed by atoms with Gasteiger partial charge in [0, 0.05) is 24.8 Å². The Morgan fingerprint density at radius 1 is 1.10 bits per heavy atom. The zero-order chi connectivity index (χ0) is 14.7. The van der Waals surface area contributed by atoms with Gasteiger partial charge in [-0.15, -0.1) is 0 Å². The molecule has 0 saturated heterocycles. The normalized spacial score (nSPS) is 14.2. The van der Waals surface area contributed by atoms with Crippen molar-refractivity contribution in [3.8, 4) is 0 Å². The van der Waals surface area contributed by atoms with Crippen LogP contribution in [-0.4, -0.2) is 12.6 Å². The van der Waals surface area contributed by atoms with Gasteiger partial charge in [0.1, 0.15) is 5.82 Å². The molecule has 1 fully saturated rings. The Morgan fingerprint density at radius 3 is 2.52 bits per heavy atom. The lowest BCUT2D eigenvalue weighted by molar-refractivity contribution is 0.617. The largest absolute Gasteiger partial charge is 0.339 e. The summed E-state index contributed by atoms with van der Waals surface area (Å²) in [6, 6.07) is 16.0. The first-order chi connectivity index (χ1) is 10.3. The lowest BCUT2D eigenvalue weighted by Crippen LogP contribution is -2.22. The van der Waals surface area contributed by atoms with Gasteiger partial charge in [0.2, 0.25) is 0 Å². The first-order valence-corrected chi connectivity index (χ1v) is 7.63. The molecule has 0 heterocycles. The monoisotopic (exact) mass is 284 g/mol. The van der Waals surface area contributed by atoms with Crippen molar-refractivity contribution < 1.29 is 4.39 Å². The Kier molecular flexibility index (Phi) is 4.20. The third-order valence-electron chi connectivity index (χ3n) is 3.88. The molecule has 0 amide bonds. The number of hydrogen-bond acceptors (Lipinski definition) is 2. The molecule has 0 unspecified atom stereocenters. The molecule has 0 radical (unpaired) electrons. The Labute approximate surface area is 125 Å². The Bertz CT molecular complexity index is 593. The maximum atomic E-state index is 14.4. The minimum Gasteiger partial charge on any atom is -0.339 e. The van der Waals surface area contributed by atoms with Gasteiger partial charge in [0.25, 0.3) is 0 Å². The number of rotatable bonds is 6. The van der Waals surface area contributed by atoms with E-state index in [1.165, 1.54) is 12.8 Å². The molecule has 1 N–H and O–H groups in total. The first kappa shape index (κ1) is 14.1. The molecule has 110 valence electrons. The van der Waals surface area contributed by atoms with E-state index in [0.717, 1.165) is 24.3 Å². The van der Waals surface area contributed by atoms with Crippen molar-refractivity contribution in [1.29, 1.82) is 0 Å². The van der Waals surface area contributed by atoms with E-state index >= 15 is 0 Å². The summed E-state index contributed by atoms with van der Waals surface area (Å²) in [5.41, 5.74) is 2.74. The van der Waals surface area contributed by atoms with Gasteiger partial charge < -0.3 is 10.2 Å². The molecule has 3 heteroatoms. The van der Waals surface area contributed by atoms with Crippen LogP contribution >= 0.6 is 0 Å². The van der Waals surface area contributed by atoms with Crippen LogP contribution < -0.4 is 10.2 Å². The summed E-state index contributed by atoms with van der Waals surface area (Å²) >= 11 is 0. The second-order valence-corrected chi connectivity index (χ2v) is 5.48. The van der Waals surface area contributed by atoms with Gasteiger partial charge in [-0.25, -0.2) is 4.39 Å². The number of hydrogen-bond donors (Lipinski definition) is 1. The number of halogens is 1. The van der Waals surface area contributed by atoms with E-state index in [9.17, 15) is 4.39 Å². The van der Waals surface area contributed by atoms with Crippen LogP contribution in [0, 0.1) is 5.82 Å². The summed E-state index contributed by atoms with van der Waals surface area (Å²) in [6.07, 6.45) is 2.47. The maximum absolute atomic E-state index is 14.4. The molecular weight excluding hydrogens is 263 g/mol. The average Bonchev–Trinajstić information content (AvgIpc) is 3.33. The van der Waals surface area contributed by atoms with Crippen molar-refractivity contribution in [3.05, 3.63) is 59.9 Å². The highest BCUT2D eigenvalue weighted by Crippen LogP contribution is 2.31. The number of para-hydroxylation sites is 2. The van der Waals surface area contributed by atoms with E-state index < -0.39 is 0 Å². The standard InChI is InChI=1S/C18H21FN2/c1-2-21(16-8-4-3-5-9-16)18-14(7-6-10-17(18)19)13-20-15-11-12-15/h3-10,15,20H,2,11-13H2,1H3. The average molecular weight is 284 g/mol. The van der Waals surface area contributed by atoms with Crippen molar-refractivity contribution in [3.63, 3.8) is 0 Å². The van der Waals surface area contributed by atoms with E-state index in [4.69, 9.17) is 0 Å². The molecule has 0 atom stereocenters. The highest BCUT2D eigenvalue weighted by Gasteiger charge is 2.22. The number of anilines is 2. The fourth-order valence-electron chi connectivity index (χ4n) is 2.62. The van der Waals surface area contributed by atoms with Crippen LogP contribution in [0.3, 0.4) is 0 Å². The SMILES string of the molecule is CCN(c1ccccc1)c1c(F)cccc1CNC1CC1. The fraction of sp³-hybridized carbons (Fsp3) is 0.333. The van der Waals surface area contributed by atoms with E-state index in [0.29, 0.717) is 11.7 Å². The second kappa shape index (κ2) is 6.27. The topological polar surface area (TPSA) is 15.3 Å². The van der Waals surface area contributed by atoms with Gasteiger partial charge in [0.15, 0.2) is 0 Å². The van der Waals surface area contributed by atoms with Gasteiger partial charge in [0.05, 0.1) is 5.69 Å². The fourth-order valence-corrected chi connectivity index (χ4v) is 2.62. The van der Waals surface area contributed by atoms with E-state index in [1.54, 1.807) is 12.1 Å². The molecule has 2 nitrogen and oxygen atoms in total. The first-order valence-electron chi connectivity index (χ1n) is 7.63. The predicted molar refractivity (Wildman–Crippen MR) is 85.4 cm³/mol. The van der Waals surface area contributed by atoms with Crippen molar-refractivity contribution >= 4 is 11.4 Å². The molecule has 1 aliphatic rings. The highest BCUT2D eigenvalue weighted by molar-refractivity contribution is 5.67. The predicted octanol–water partition coefficient (Wildman–Crippen LogP) is 4.24. The zero-order valence-corrected chi connectivity index (χ0v) is 12.3. The zero-order valence-electron chi connectivity index (χ0n) is 12.3. The third-order valence-corrected chi connectivity index (χ3v) is 3.88. The third kappa shape index (κ3) is 3.24. The van der Waals surface area contributed by atoms with Crippen molar-refractivity contribution in [2.24, 2.45) is 0 Å². The van der Waals surface area contributed by atoms with Gasteiger partial charge >= 0.3 is 0 Å². The van der Waals surface area contributed by atoms with Gasteiger partial charge in [-0.1, -0.05) is 30.3 Å². The second-order valence-electron chi connectivity index (χ2n) is 5.48. The summed E-state index contributed by atoms with van der Waals surface area (Å²) in [4.78, 5) is 2.04. The molecule has 0 spiro atoms. The molecule has 3 rings (SSSR count). The Morgan fingerprint density at radius 2 is 1.86 bits per heavy atom. The van der Waals surface area contributed by atoms with Crippen LogP contribution in [0.15, 0.2) is 48.5 Å². The molecule has 1 aliphatic carbocycles. The summed E-state index contributed by atoms with van der Waals surface area (Å²) in [5, 5.41) is 3.48. The van der Waals surface area contributed by atoms with E-state index in [-0.39, 0.29) is 5.82 Å². The van der Waals surface area contributed by atoms with Gasteiger partial charge in [-0.05, 0) is 43.5 Å². The Balaban J connectivity index is 1.94. The molecule has 2 aromatic carbocycles. The van der Waals surface area contributed by atoms with Gasteiger partial charge in [-0.3, -0.25) is 0 Å². The molecular formula is C18H21FN2. The van der Waals surface area contributed by atoms with Crippen LogP contribution in [0.2, 0.25) is 0 Å². The van der Waals surface area contributed by atoms with Crippen LogP contribution in [0.1, 0.15) is 25.3 Å². The quantitative estimate of drug-likeness (QED) is 0.853. The van der Waals surface area contributed by atoms with Crippen LogP contribution in [0.25, 0.3) is 0 Å². The maximum Gasteiger partial charge on any atom is 0.147 e. The van der Waals surface area contributed by atoms with Crippen molar-refractivity contribution in [1.82, 2.24) is 5.32 Å². The summed E-state index contributed by atoms with van der Waals surface area (Å²) < 4.78 is 14.4. The van der Waals surface area contributed by atoms with Crippen LogP contribution in [0.5, 0.6) is 0 Å². The number of nitrogens with one attached hydrogen (secondary N) is 1. The van der Waals surface area contributed by atoms with E-state index in [1.807, 2.05) is 41.3 Å². The summed E-state index contributed by atoms with van der Waals surface area (Å²) in [7, 11) is 0. The highest BCUT2D eigenvalue weighted by atomic mass is 19.1. The summed E-state index contributed by atoms with van der Waals surface area (Å²) in [5.74, 6) is -0.157. The van der Waals surface area contributed by atoms with E-state index in [2.05, 4.69) is 12.2 Å². The van der Waals surface area contributed by atoms with Crippen molar-refractivity contribution in [2.75, 3.05) is 11.4 Å². The summed E-state index contributed by atoms with van der Waals surface area (Å²) in [6.45, 7) is 3.51. The van der Waals surface area contributed by atoms with Crippen LogP contribution in [-0.2, 0) is 6.54 Å². The number of benzene rings is 2. The lowest BCUT2D eigenvalue weighted by atomic mass is 10.1. The number of nitrogens with zero attached hydrogens (tertiary/aromatic N) is 1. The van der Waals surface area contributed by atoms with Crippen molar-refractivity contribution in [2.45, 2.75) is 32.4 Å². The molecule has 2 aromatic rings. The molecule has 21 heavy (non-hydrogen) atoms. The minimum absolute atomic E-state index is 0.157. The molecule has 1 saturated carbocycles. The Hall–Kier alpha value is -1.87. The molecule has 0 aromatic heterocycles. The van der Waals surface area contributed by atoms with Gasteiger partial charge in [-0.2, -0.15) is 0 Å². The lowest BCUT2D eigenvalue weighted by Gasteiger charge is -2.26. The molecule has 0 bridgehead atoms. The minimum atomic E-state index is -0.157. The smallest absolute Gasteiger partial charge is 0.147 e.